The zero-order chi connectivity index (χ0) is 17.2. The van der Waals surface area contributed by atoms with Gasteiger partial charge in [0.25, 0.3) is 0 Å². The highest BCUT2D eigenvalue weighted by Crippen LogP contribution is 1.91. The van der Waals surface area contributed by atoms with E-state index < -0.39 is 0 Å². The molecule has 0 radical (unpaired) electrons. The normalized spacial score (nSPS) is 11.7. The summed E-state index contributed by atoms with van der Waals surface area (Å²) in [5.74, 6) is 0.570. The number of hydrogen-bond acceptors (Lipinski definition) is 6. The Balaban J connectivity index is 2.97. The van der Waals surface area contributed by atoms with E-state index >= 15 is 0 Å². The van der Waals surface area contributed by atoms with Crippen LogP contribution in [0.25, 0.3) is 0 Å². The van der Waals surface area contributed by atoms with Crippen LogP contribution in [0.1, 0.15) is 27.7 Å². The average Bonchev–Trinajstić information content (AvgIpc) is 2.49. The van der Waals surface area contributed by atoms with E-state index in [2.05, 4.69) is 33.0 Å². The van der Waals surface area contributed by atoms with E-state index in [0.29, 0.717) is 64.8 Å². The molecule has 0 rings (SSSR count). The van der Waals surface area contributed by atoms with Crippen molar-refractivity contribution in [2.75, 3.05) is 72.6 Å². The van der Waals surface area contributed by atoms with Gasteiger partial charge in [-0.15, -0.1) is 0 Å². The van der Waals surface area contributed by atoms with Crippen LogP contribution in [-0.2, 0) is 23.7 Å². The molecule has 6 nitrogen and oxygen atoms in total. The van der Waals surface area contributed by atoms with Gasteiger partial charge in [0.05, 0.1) is 59.5 Å². The molecule has 0 saturated carbocycles. The molecule has 0 saturated heterocycles. The lowest BCUT2D eigenvalue weighted by molar-refractivity contribution is -0.0125. The number of hydrogen-bond donors (Lipinski definition) is 1. The third-order valence-electron chi connectivity index (χ3n) is 2.74. The fraction of sp³-hybridized carbons (Fsp3) is 1.00. The fourth-order valence-corrected chi connectivity index (χ4v) is 1.62. The molecule has 0 aliphatic rings. The van der Waals surface area contributed by atoms with Gasteiger partial charge in [-0.1, -0.05) is 27.7 Å². The van der Waals surface area contributed by atoms with Crippen LogP contribution in [0.4, 0.5) is 0 Å². The van der Waals surface area contributed by atoms with Crippen molar-refractivity contribution in [3.05, 3.63) is 0 Å². The van der Waals surface area contributed by atoms with Gasteiger partial charge in [0.15, 0.2) is 0 Å². The third-order valence-corrected chi connectivity index (χ3v) is 2.74. The number of ether oxygens (including phenoxy) is 5. The maximum Gasteiger partial charge on any atom is 0.0701 e. The van der Waals surface area contributed by atoms with Gasteiger partial charge in [-0.05, 0) is 5.92 Å². The van der Waals surface area contributed by atoms with E-state index in [1.807, 2.05) is 0 Å². The van der Waals surface area contributed by atoms with Crippen LogP contribution >= 0.6 is 0 Å². The van der Waals surface area contributed by atoms with Gasteiger partial charge in [0.2, 0.25) is 0 Å². The molecular formula is C17H37NO5. The summed E-state index contributed by atoms with van der Waals surface area (Å²) in [6.07, 6.45) is 0. The molecular weight excluding hydrogens is 298 g/mol. The summed E-state index contributed by atoms with van der Waals surface area (Å²) in [4.78, 5) is 0. The van der Waals surface area contributed by atoms with E-state index in [1.165, 1.54) is 0 Å². The van der Waals surface area contributed by atoms with Gasteiger partial charge in [-0.25, -0.2) is 0 Å². The fourth-order valence-electron chi connectivity index (χ4n) is 1.62. The summed E-state index contributed by atoms with van der Waals surface area (Å²) in [5, 5.41) is 3.29. The van der Waals surface area contributed by atoms with Gasteiger partial charge in [-0.2, -0.15) is 0 Å². The molecule has 0 amide bonds. The molecule has 0 aliphatic heterocycles. The van der Waals surface area contributed by atoms with Crippen LogP contribution in [0, 0.1) is 5.92 Å². The Bertz CT molecular complexity index is 205. The predicted octanol–water partition coefficient (Wildman–Crippen LogP) is 1.72. The molecule has 0 spiro atoms. The standard InChI is InChI=1S/C17H37NO5/c1-16(2)15-23-14-13-22-12-11-21-10-9-20-8-7-19-6-5-18-17(3)4/h16-18H,5-15H2,1-4H3. The Labute approximate surface area is 142 Å². The predicted molar refractivity (Wildman–Crippen MR) is 92.1 cm³/mol. The first-order valence-electron chi connectivity index (χ1n) is 8.75. The second kappa shape index (κ2) is 18.1. The van der Waals surface area contributed by atoms with Gasteiger partial charge in [0.1, 0.15) is 0 Å². The van der Waals surface area contributed by atoms with Crippen molar-refractivity contribution in [3.8, 4) is 0 Å². The Morgan fingerprint density at radius 1 is 0.565 bits per heavy atom. The average molecular weight is 335 g/mol. The second-order valence-corrected chi connectivity index (χ2v) is 6.03. The first-order chi connectivity index (χ1) is 11.1. The summed E-state index contributed by atoms with van der Waals surface area (Å²) in [6.45, 7) is 15.7. The van der Waals surface area contributed by atoms with Crippen LogP contribution in [0.3, 0.4) is 0 Å². The molecule has 1 N–H and O–H groups in total. The van der Waals surface area contributed by atoms with Gasteiger partial charge >= 0.3 is 0 Å². The lowest BCUT2D eigenvalue weighted by atomic mass is 10.2. The molecule has 0 bridgehead atoms. The van der Waals surface area contributed by atoms with E-state index in [1.54, 1.807) is 0 Å². The third kappa shape index (κ3) is 21.8. The summed E-state index contributed by atoms with van der Waals surface area (Å²) >= 11 is 0. The van der Waals surface area contributed by atoms with E-state index in [4.69, 9.17) is 23.7 Å². The van der Waals surface area contributed by atoms with Gasteiger partial charge in [0, 0.05) is 19.2 Å². The Kier molecular flexibility index (Phi) is 17.9. The molecule has 0 fully saturated rings. The van der Waals surface area contributed by atoms with Gasteiger partial charge < -0.3 is 29.0 Å². The highest BCUT2D eigenvalue weighted by Gasteiger charge is 1.95. The molecule has 0 aromatic heterocycles. The quantitative estimate of drug-likeness (QED) is 0.385. The van der Waals surface area contributed by atoms with Crippen LogP contribution in [-0.4, -0.2) is 78.7 Å². The van der Waals surface area contributed by atoms with Crippen LogP contribution in [0.5, 0.6) is 0 Å². The van der Waals surface area contributed by atoms with Gasteiger partial charge in [-0.3, -0.25) is 0 Å². The van der Waals surface area contributed by atoms with Crippen molar-refractivity contribution in [2.45, 2.75) is 33.7 Å². The topological polar surface area (TPSA) is 58.2 Å². The minimum Gasteiger partial charge on any atom is -0.379 e. The Morgan fingerprint density at radius 2 is 0.957 bits per heavy atom. The van der Waals surface area contributed by atoms with Crippen LogP contribution in [0.2, 0.25) is 0 Å². The minimum absolute atomic E-state index is 0.503. The molecule has 23 heavy (non-hydrogen) atoms. The van der Waals surface area contributed by atoms with Crippen molar-refractivity contribution in [2.24, 2.45) is 5.92 Å². The summed E-state index contributed by atoms with van der Waals surface area (Å²) < 4.78 is 27.1. The molecule has 0 heterocycles. The summed E-state index contributed by atoms with van der Waals surface area (Å²) in [7, 11) is 0. The van der Waals surface area contributed by atoms with Crippen LogP contribution in [0.15, 0.2) is 0 Å². The number of rotatable bonds is 18. The molecule has 0 unspecified atom stereocenters. The molecule has 140 valence electrons. The Morgan fingerprint density at radius 3 is 1.35 bits per heavy atom. The minimum atomic E-state index is 0.503. The molecule has 0 aromatic carbocycles. The monoisotopic (exact) mass is 335 g/mol. The summed E-state index contributed by atoms with van der Waals surface area (Å²) in [5.41, 5.74) is 0. The first-order valence-corrected chi connectivity index (χ1v) is 8.75. The van der Waals surface area contributed by atoms with E-state index in [-0.39, 0.29) is 0 Å². The SMILES string of the molecule is CC(C)COCCOCCOCCOCCOCCNC(C)C. The second-order valence-electron chi connectivity index (χ2n) is 6.03. The van der Waals surface area contributed by atoms with Crippen molar-refractivity contribution in [1.29, 1.82) is 0 Å². The molecule has 0 aromatic rings. The molecule has 6 heteroatoms. The van der Waals surface area contributed by atoms with Crippen molar-refractivity contribution >= 4 is 0 Å². The summed E-state index contributed by atoms with van der Waals surface area (Å²) in [6, 6.07) is 0.503. The lowest BCUT2D eigenvalue weighted by Crippen LogP contribution is -2.27. The molecule has 0 aliphatic carbocycles. The van der Waals surface area contributed by atoms with Crippen molar-refractivity contribution in [1.82, 2.24) is 5.32 Å². The van der Waals surface area contributed by atoms with E-state index in [0.717, 1.165) is 19.8 Å². The first kappa shape index (κ1) is 22.8. The highest BCUT2D eigenvalue weighted by atomic mass is 16.6. The lowest BCUT2D eigenvalue weighted by Gasteiger charge is -2.09. The number of nitrogens with one attached hydrogen (secondary N) is 1. The largest absolute Gasteiger partial charge is 0.379 e. The maximum atomic E-state index is 5.43. The van der Waals surface area contributed by atoms with E-state index in [9.17, 15) is 0 Å². The zero-order valence-electron chi connectivity index (χ0n) is 15.5. The van der Waals surface area contributed by atoms with Crippen LogP contribution < -0.4 is 5.32 Å². The zero-order valence-corrected chi connectivity index (χ0v) is 15.5. The highest BCUT2D eigenvalue weighted by molar-refractivity contribution is 4.50. The van der Waals surface area contributed by atoms with Crippen molar-refractivity contribution < 1.29 is 23.7 Å². The molecule has 0 atom stereocenters. The Hall–Kier alpha value is -0.240. The van der Waals surface area contributed by atoms with Crippen molar-refractivity contribution in [3.63, 3.8) is 0 Å². The smallest absolute Gasteiger partial charge is 0.0701 e. The maximum absolute atomic E-state index is 5.43.